The Kier molecular flexibility index (Phi) is 4.65. The topological polar surface area (TPSA) is 69.4 Å². The SMILES string of the molecule is COc1ccccc1CC(N)c1cccc(S(C)(=O)=O)c1. The third-order valence-corrected chi connectivity index (χ3v) is 4.46. The third kappa shape index (κ3) is 3.83. The van der Waals surface area contributed by atoms with E-state index in [0.29, 0.717) is 6.42 Å². The maximum absolute atomic E-state index is 11.6. The summed E-state index contributed by atoms with van der Waals surface area (Å²) in [5.74, 6) is 0.784. The highest BCUT2D eigenvalue weighted by Gasteiger charge is 2.13. The first-order valence-electron chi connectivity index (χ1n) is 6.59. The number of benzene rings is 2. The van der Waals surface area contributed by atoms with Crippen LogP contribution in [0.3, 0.4) is 0 Å². The lowest BCUT2D eigenvalue weighted by molar-refractivity contribution is 0.408. The molecule has 5 heteroatoms. The molecule has 1 atom stereocenters. The summed E-state index contributed by atoms with van der Waals surface area (Å²) < 4.78 is 28.5. The Morgan fingerprint density at radius 3 is 2.52 bits per heavy atom. The summed E-state index contributed by atoms with van der Waals surface area (Å²) in [6, 6.07) is 14.2. The van der Waals surface area contributed by atoms with Crippen molar-refractivity contribution in [3.05, 3.63) is 59.7 Å². The standard InChI is InChI=1S/C16H19NO3S/c1-20-16-9-4-3-6-13(16)11-15(17)12-7-5-8-14(10-12)21(2,18)19/h3-10,15H,11,17H2,1-2H3. The number of ether oxygens (including phenoxy) is 1. The molecular weight excluding hydrogens is 286 g/mol. The minimum Gasteiger partial charge on any atom is -0.496 e. The van der Waals surface area contributed by atoms with Gasteiger partial charge in [0.15, 0.2) is 9.84 Å². The minimum absolute atomic E-state index is 0.287. The molecule has 0 amide bonds. The zero-order valence-electron chi connectivity index (χ0n) is 12.1. The van der Waals surface area contributed by atoms with Crippen molar-refractivity contribution in [1.29, 1.82) is 0 Å². The molecule has 0 radical (unpaired) electrons. The van der Waals surface area contributed by atoms with Crippen LogP contribution in [0.1, 0.15) is 17.2 Å². The average Bonchev–Trinajstić information content (AvgIpc) is 2.47. The van der Waals surface area contributed by atoms with Gasteiger partial charge in [0.1, 0.15) is 5.75 Å². The molecule has 0 aliphatic rings. The predicted molar refractivity (Wildman–Crippen MR) is 83.2 cm³/mol. The Morgan fingerprint density at radius 1 is 1.14 bits per heavy atom. The lowest BCUT2D eigenvalue weighted by Crippen LogP contribution is -2.14. The molecule has 21 heavy (non-hydrogen) atoms. The van der Waals surface area contributed by atoms with Crippen molar-refractivity contribution < 1.29 is 13.2 Å². The number of rotatable bonds is 5. The monoisotopic (exact) mass is 305 g/mol. The molecule has 1 unspecified atom stereocenters. The number of sulfone groups is 1. The van der Waals surface area contributed by atoms with Gasteiger partial charge in [-0.1, -0.05) is 30.3 Å². The number of hydrogen-bond acceptors (Lipinski definition) is 4. The maximum atomic E-state index is 11.6. The summed E-state index contributed by atoms with van der Waals surface area (Å²) in [6.45, 7) is 0. The van der Waals surface area contributed by atoms with Gasteiger partial charge < -0.3 is 10.5 Å². The van der Waals surface area contributed by atoms with Gasteiger partial charge in [0, 0.05) is 12.3 Å². The second-order valence-corrected chi connectivity index (χ2v) is 6.98. The van der Waals surface area contributed by atoms with Crippen LogP contribution in [0, 0.1) is 0 Å². The van der Waals surface area contributed by atoms with Crippen molar-refractivity contribution >= 4 is 9.84 Å². The van der Waals surface area contributed by atoms with E-state index in [1.54, 1.807) is 25.3 Å². The molecule has 0 bridgehead atoms. The Bertz CT molecular complexity index is 726. The number of nitrogens with two attached hydrogens (primary N) is 1. The quantitative estimate of drug-likeness (QED) is 0.920. The van der Waals surface area contributed by atoms with Crippen LogP contribution in [0.25, 0.3) is 0 Å². The van der Waals surface area contributed by atoms with Crippen LogP contribution in [0.2, 0.25) is 0 Å². The summed E-state index contributed by atoms with van der Waals surface area (Å²) in [4.78, 5) is 0.287. The fourth-order valence-corrected chi connectivity index (χ4v) is 2.88. The fourth-order valence-electron chi connectivity index (χ4n) is 2.20. The summed E-state index contributed by atoms with van der Waals surface area (Å²) in [5.41, 5.74) is 8.01. The molecule has 4 nitrogen and oxygen atoms in total. The van der Waals surface area contributed by atoms with Crippen LogP contribution in [0.15, 0.2) is 53.4 Å². The molecule has 0 aromatic heterocycles. The summed E-state index contributed by atoms with van der Waals surface area (Å²) in [5, 5.41) is 0. The number of hydrogen-bond donors (Lipinski definition) is 1. The summed E-state index contributed by atoms with van der Waals surface area (Å²) in [6.07, 6.45) is 1.77. The largest absolute Gasteiger partial charge is 0.496 e. The molecule has 0 saturated heterocycles. The first-order valence-corrected chi connectivity index (χ1v) is 8.48. The van der Waals surface area contributed by atoms with Crippen LogP contribution < -0.4 is 10.5 Å². The van der Waals surface area contributed by atoms with E-state index in [-0.39, 0.29) is 10.9 Å². The molecule has 2 aromatic rings. The van der Waals surface area contributed by atoms with Crippen molar-refractivity contribution in [3.63, 3.8) is 0 Å². The van der Waals surface area contributed by atoms with Gasteiger partial charge in [-0.25, -0.2) is 8.42 Å². The van der Waals surface area contributed by atoms with Gasteiger partial charge in [-0.05, 0) is 35.7 Å². The zero-order chi connectivity index (χ0) is 15.5. The second kappa shape index (κ2) is 6.28. The summed E-state index contributed by atoms with van der Waals surface area (Å²) in [7, 11) is -1.61. The Labute approximate surface area is 125 Å². The van der Waals surface area contributed by atoms with Gasteiger partial charge in [-0.3, -0.25) is 0 Å². The number of methoxy groups -OCH3 is 1. The van der Waals surface area contributed by atoms with Crippen LogP contribution >= 0.6 is 0 Å². The highest BCUT2D eigenvalue weighted by molar-refractivity contribution is 7.90. The average molecular weight is 305 g/mol. The van der Waals surface area contributed by atoms with E-state index in [1.165, 1.54) is 6.26 Å². The molecule has 0 heterocycles. The van der Waals surface area contributed by atoms with E-state index in [0.717, 1.165) is 16.9 Å². The smallest absolute Gasteiger partial charge is 0.175 e. The first kappa shape index (κ1) is 15.5. The maximum Gasteiger partial charge on any atom is 0.175 e. The van der Waals surface area contributed by atoms with Crippen LogP contribution in [-0.2, 0) is 16.3 Å². The molecule has 0 spiro atoms. The van der Waals surface area contributed by atoms with Crippen molar-refractivity contribution in [1.82, 2.24) is 0 Å². The number of para-hydroxylation sites is 1. The van der Waals surface area contributed by atoms with E-state index in [9.17, 15) is 8.42 Å². The molecule has 0 aliphatic carbocycles. The lowest BCUT2D eigenvalue weighted by atomic mass is 9.99. The van der Waals surface area contributed by atoms with Crippen molar-refractivity contribution in [2.45, 2.75) is 17.4 Å². The summed E-state index contributed by atoms with van der Waals surface area (Å²) >= 11 is 0. The Hall–Kier alpha value is -1.85. The molecule has 0 saturated carbocycles. The van der Waals surface area contributed by atoms with Gasteiger partial charge >= 0.3 is 0 Å². The van der Waals surface area contributed by atoms with Crippen LogP contribution in [0.4, 0.5) is 0 Å². The molecule has 2 N–H and O–H groups in total. The van der Waals surface area contributed by atoms with Gasteiger partial charge in [0.25, 0.3) is 0 Å². The lowest BCUT2D eigenvalue weighted by Gasteiger charge is -2.15. The third-order valence-electron chi connectivity index (χ3n) is 3.35. The predicted octanol–water partition coefficient (Wildman–Crippen LogP) is 2.34. The highest BCUT2D eigenvalue weighted by atomic mass is 32.2. The van der Waals surface area contributed by atoms with Crippen molar-refractivity contribution in [2.75, 3.05) is 13.4 Å². The fraction of sp³-hybridized carbons (Fsp3) is 0.250. The molecule has 112 valence electrons. The van der Waals surface area contributed by atoms with E-state index in [4.69, 9.17) is 10.5 Å². The van der Waals surface area contributed by atoms with E-state index in [1.807, 2.05) is 30.3 Å². The van der Waals surface area contributed by atoms with Crippen molar-refractivity contribution in [2.24, 2.45) is 5.73 Å². The Balaban J connectivity index is 2.27. The van der Waals surface area contributed by atoms with Crippen molar-refractivity contribution in [3.8, 4) is 5.75 Å². The van der Waals surface area contributed by atoms with Gasteiger partial charge in [-0.15, -0.1) is 0 Å². The van der Waals surface area contributed by atoms with Crippen LogP contribution in [0.5, 0.6) is 5.75 Å². The zero-order valence-corrected chi connectivity index (χ0v) is 12.9. The van der Waals surface area contributed by atoms with Gasteiger partial charge in [0.05, 0.1) is 12.0 Å². The van der Waals surface area contributed by atoms with E-state index in [2.05, 4.69) is 0 Å². The van der Waals surface area contributed by atoms with E-state index < -0.39 is 9.84 Å². The molecule has 2 aromatic carbocycles. The van der Waals surface area contributed by atoms with Gasteiger partial charge in [0.2, 0.25) is 0 Å². The Morgan fingerprint density at radius 2 is 1.86 bits per heavy atom. The van der Waals surface area contributed by atoms with Crippen LogP contribution in [-0.4, -0.2) is 21.8 Å². The molecule has 0 aliphatic heterocycles. The second-order valence-electron chi connectivity index (χ2n) is 4.97. The van der Waals surface area contributed by atoms with Gasteiger partial charge in [-0.2, -0.15) is 0 Å². The minimum atomic E-state index is -3.22. The molecule has 2 rings (SSSR count). The van der Waals surface area contributed by atoms with E-state index >= 15 is 0 Å². The normalized spacial score (nSPS) is 12.9. The first-order chi connectivity index (χ1) is 9.91. The molecule has 0 fully saturated rings. The molecular formula is C16H19NO3S. The highest BCUT2D eigenvalue weighted by Crippen LogP contribution is 2.24.